The zero-order chi connectivity index (χ0) is 16.7. The average molecular weight is 339 g/mol. The molecule has 23 heavy (non-hydrogen) atoms. The second kappa shape index (κ2) is 5.89. The van der Waals surface area contributed by atoms with Gasteiger partial charge < -0.3 is 4.90 Å². The molecule has 1 atom stereocenters. The van der Waals surface area contributed by atoms with Crippen molar-refractivity contribution in [3.8, 4) is 0 Å². The molecular weight excluding hydrogens is 317 g/mol. The van der Waals surface area contributed by atoms with E-state index in [4.69, 9.17) is 0 Å². The number of carbonyl (C=O) groups excluding carboxylic acids is 1. The molecule has 126 valence electrons. The molecule has 0 spiro atoms. The number of sulfone groups is 1. The van der Waals surface area contributed by atoms with Gasteiger partial charge in [0, 0.05) is 18.7 Å². The molecule has 1 amide bonds. The Labute approximate surface area is 136 Å². The van der Waals surface area contributed by atoms with E-state index < -0.39 is 15.3 Å². The van der Waals surface area contributed by atoms with Gasteiger partial charge in [-0.2, -0.15) is 0 Å². The van der Waals surface area contributed by atoms with Crippen molar-refractivity contribution in [2.45, 2.75) is 43.6 Å². The van der Waals surface area contributed by atoms with Crippen LogP contribution in [-0.2, 0) is 20.0 Å². The lowest BCUT2D eigenvalue weighted by molar-refractivity contribution is -0.137. The molecule has 0 radical (unpaired) electrons. The molecule has 1 saturated carbocycles. The van der Waals surface area contributed by atoms with Crippen molar-refractivity contribution in [2.75, 3.05) is 18.6 Å². The molecule has 3 rings (SSSR count). The number of amides is 1. The van der Waals surface area contributed by atoms with Crippen LogP contribution in [0.4, 0.5) is 4.39 Å². The molecule has 2 fully saturated rings. The Kier molecular flexibility index (Phi) is 4.21. The van der Waals surface area contributed by atoms with Gasteiger partial charge in [-0.25, -0.2) is 12.8 Å². The number of nitrogens with zero attached hydrogens (tertiary/aromatic N) is 1. The van der Waals surface area contributed by atoms with Gasteiger partial charge in [0.1, 0.15) is 5.82 Å². The summed E-state index contributed by atoms with van der Waals surface area (Å²) in [5.41, 5.74) is -0.387. The second-order valence-corrected chi connectivity index (χ2v) is 8.97. The fourth-order valence-electron chi connectivity index (χ4n) is 4.01. The molecule has 1 aromatic rings. The van der Waals surface area contributed by atoms with Gasteiger partial charge in [-0.15, -0.1) is 0 Å². The van der Waals surface area contributed by atoms with Gasteiger partial charge in [0.25, 0.3) is 0 Å². The first-order valence-corrected chi connectivity index (χ1v) is 9.91. The molecule has 2 aliphatic rings. The Hall–Kier alpha value is -1.43. The Morgan fingerprint density at radius 2 is 1.91 bits per heavy atom. The first kappa shape index (κ1) is 16.4. The molecule has 4 nitrogen and oxygen atoms in total. The van der Waals surface area contributed by atoms with Crippen molar-refractivity contribution in [2.24, 2.45) is 0 Å². The van der Waals surface area contributed by atoms with Gasteiger partial charge in [0.15, 0.2) is 9.84 Å². The zero-order valence-electron chi connectivity index (χ0n) is 13.3. The van der Waals surface area contributed by atoms with Crippen molar-refractivity contribution in [1.82, 2.24) is 4.90 Å². The van der Waals surface area contributed by atoms with E-state index in [1.807, 2.05) is 0 Å². The maximum atomic E-state index is 14.3. The van der Waals surface area contributed by atoms with Crippen molar-refractivity contribution in [1.29, 1.82) is 0 Å². The Morgan fingerprint density at radius 3 is 2.48 bits per heavy atom. The molecule has 1 saturated heterocycles. The number of halogens is 1. The first-order chi connectivity index (χ1) is 10.9. The SMILES string of the molecule is CN(C(=O)C1(c2ccccc2F)CCCC1)C1CCS(=O)(=O)C1. The van der Waals surface area contributed by atoms with Crippen LogP contribution in [0.25, 0.3) is 0 Å². The fourth-order valence-corrected chi connectivity index (χ4v) is 5.78. The first-order valence-electron chi connectivity index (χ1n) is 8.08. The van der Waals surface area contributed by atoms with E-state index in [0.717, 1.165) is 12.8 Å². The largest absolute Gasteiger partial charge is 0.341 e. The van der Waals surface area contributed by atoms with Crippen molar-refractivity contribution in [3.05, 3.63) is 35.6 Å². The van der Waals surface area contributed by atoms with Crippen LogP contribution in [-0.4, -0.2) is 43.8 Å². The van der Waals surface area contributed by atoms with Crippen LogP contribution in [0, 0.1) is 5.82 Å². The number of benzene rings is 1. The standard InChI is InChI=1S/C17H22FNO3S/c1-19(13-8-11-23(21,22)12-13)16(20)17(9-4-5-10-17)14-6-2-3-7-15(14)18/h2-3,6-7,13H,4-5,8-12H2,1H3. The van der Waals surface area contributed by atoms with Gasteiger partial charge in [0.05, 0.1) is 16.9 Å². The molecule has 1 aromatic carbocycles. The summed E-state index contributed by atoms with van der Waals surface area (Å²) in [6.07, 6.45) is 3.48. The molecular formula is C17H22FNO3S. The number of likely N-dealkylation sites (N-methyl/N-ethyl adjacent to an activating group) is 1. The van der Waals surface area contributed by atoms with Gasteiger partial charge >= 0.3 is 0 Å². The summed E-state index contributed by atoms with van der Waals surface area (Å²) in [4.78, 5) is 14.7. The maximum absolute atomic E-state index is 14.3. The van der Waals surface area contributed by atoms with Gasteiger partial charge in [-0.3, -0.25) is 4.79 Å². The number of hydrogen-bond donors (Lipinski definition) is 0. The quantitative estimate of drug-likeness (QED) is 0.849. The fraction of sp³-hybridized carbons (Fsp3) is 0.588. The Balaban J connectivity index is 1.93. The van der Waals surface area contributed by atoms with Crippen LogP contribution in [0.2, 0.25) is 0 Å². The predicted octanol–water partition coefficient (Wildman–Crippen LogP) is 2.28. The maximum Gasteiger partial charge on any atom is 0.233 e. The van der Waals surface area contributed by atoms with Crippen LogP contribution < -0.4 is 0 Å². The third-order valence-corrected chi connectivity index (χ3v) is 7.08. The highest BCUT2D eigenvalue weighted by Crippen LogP contribution is 2.44. The molecule has 0 aromatic heterocycles. The monoisotopic (exact) mass is 339 g/mol. The molecule has 0 N–H and O–H groups in total. The van der Waals surface area contributed by atoms with E-state index in [1.165, 1.54) is 6.07 Å². The Morgan fingerprint density at radius 1 is 1.26 bits per heavy atom. The normalized spacial score (nSPS) is 25.4. The van der Waals surface area contributed by atoms with Crippen molar-refractivity contribution in [3.63, 3.8) is 0 Å². The number of hydrogen-bond acceptors (Lipinski definition) is 3. The molecule has 6 heteroatoms. The number of carbonyl (C=O) groups is 1. The van der Waals surface area contributed by atoms with Crippen LogP contribution in [0.3, 0.4) is 0 Å². The highest BCUT2D eigenvalue weighted by Gasteiger charge is 2.47. The van der Waals surface area contributed by atoms with E-state index in [0.29, 0.717) is 24.8 Å². The lowest BCUT2D eigenvalue weighted by atomic mass is 9.77. The average Bonchev–Trinajstić information content (AvgIpc) is 3.13. The molecule has 1 unspecified atom stereocenters. The van der Waals surface area contributed by atoms with Crippen LogP contribution in [0.5, 0.6) is 0 Å². The van der Waals surface area contributed by atoms with Crippen molar-refractivity contribution < 1.29 is 17.6 Å². The zero-order valence-corrected chi connectivity index (χ0v) is 14.1. The highest BCUT2D eigenvalue weighted by molar-refractivity contribution is 7.91. The summed E-state index contributed by atoms with van der Waals surface area (Å²) in [5.74, 6) is -0.345. The summed E-state index contributed by atoms with van der Waals surface area (Å²) in [6, 6.07) is 6.17. The molecule has 1 aliphatic heterocycles. The number of rotatable bonds is 3. The summed E-state index contributed by atoms with van der Waals surface area (Å²) in [7, 11) is -1.40. The van der Waals surface area contributed by atoms with Crippen LogP contribution in [0.15, 0.2) is 24.3 Å². The second-order valence-electron chi connectivity index (χ2n) is 6.74. The van der Waals surface area contributed by atoms with Crippen LogP contribution >= 0.6 is 0 Å². The minimum atomic E-state index is -3.06. The van der Waals surface area contributed by atoms with Crippen LogP contribution in [0.1, 0.15) is 37.7 Å². The smallest absolute Gasteiger partial charge is 0.233 e. The predicted molar refractivity (Wildman–Crippen MR) is 86.4 cm³/mol. The highest BCUT2D eigenvalue weighted by atomic mass is 32.2. The molecule has 1 heterocycles. The molecule has 1 aliphatic carbocycles. The Bertz CT molecular complexity index is 710. The summed E-state index contributed by atoms with van der Waals surface area (Å²) < 4.78 is 37.7. The summed E-state index contributed by atoms with van der Waals surface area (Å²) >= 11 is 0. The summed E-state index contributed by atoms with van der Waals surface area (Å²) in [6.45, 7) is 0. The van der Waals surface area contributed by atoms with E-state index in [1.54, 1.807) is 30.1 Å². The van der Waals surface area contributed by atoms with Gasteiger partial charge in [-0.05, 0) is 25.3 Å². The lowest BCUT2D eigenvalue weighted by Crippen LogP contribution is -2.48. The third kappa shape index (κ3) is 2.89. The third-order valence-electron chi connectivity index (χ3n) is 5.33. The minimum Gasteiger partial charge on any atom is -0.341 e. The van der Waals surface area contributed by atoms with E-state index in [2.05, 4.69) is 0 Å². The van der Waals surface area contributed by atoms with Crippen molar-refractivity contribution >= 4 is 15.7 Å². The minimum absolute atomic E-state index is 0.0165. The molecule has 0 bridgehead atoms. The van der Waals surface area contributed by atoms with E-state index in [9.17, 15) is 17.6 Å². The van der Waals surface area contributed by atoms with Gasteiger partial charge in [-0.1, -0.05) is 31.0 Å². The lowest BCUT2D eigenvalue weighted by Gasteiger charge is -2.35. The summed E-state index contributed by atoms with van der Waals surface area (Å²) in [5, 5.41) is 0. The topological polar surface area (TPSA) is 54.5 Å². The van der Waals surface area contributed by atoms with E-state index in [-0.39, 0.29) is 29.3 Å². The van der Waals surface area contributed by atoms with Gasteiger partial charge in [0.2, 0.25) is 5.91 Å². The van der Waals surface area contributed by atoms with E-state index >= 15 is 0 Å².